The van der Waals surface area contributed by atoms with Crippen LogP contribution in [0.1, 0.15) is 37.7 Å². The molecule has 4 rings (SSSR count). The van der Waals surface area contributed by atoms with Crippen LogP contribution >= 0.6 is 0 Å². The van der Waals surface area contributed by atoms with Crippen molar-refractivity contribution < 1.29 is 4.74 Å². The lowest BCUT2D eigenvalue weighted by atomic mass is 9.87. The largest absolute Gasteiger partial charge is 0.492 e. The van der Waals surface area contributed by atoms with Crippen molar-refractivity contribution in [2.24, 2.45) is 0 Å². The van der Waals surface area contributed by atoms with E-state index in [9.17, 15) is 0 Å². The molecule has 3 heteroatoms. The minimum absolute atomic E-state index is 0.155. The van der Waals surface area contributed by atoms with E-state index in [4.69, 9.17) is 9.72 Å². The first-order valence-corrected chi connectivity index (χ1v) is 10.7. The predicted molar refractivity (Wildman–Crippen MR) is 124 cm³/mol. The smallest absolute Gasteiger partial charge is 0.119 e. The Morgan fingerprint density at radius 3 is 2.23 bits per heavy atom. The average molecular weight is 399 g/mol. The van der Waals surface area contributed by atoms with E-state index in [2.05, 4.69) is 98.1 Å². The summed E-state index contributed by atoms with van der Waals surface area (Å²) in [5.41, 5.74) is 5.04. The number of fused-ring (bicyclic) bond motifs is 1. The molecule has 0 N–H and O–H groups in total. The summed E-state index contributed by atoms with van der Waals surface area (Å²) in [7, 11) is 0. The molecule has 154 valence electrons. The molecule has 0 aliphatic rings. The molecule has 0 atom stereocenters. The van der Waals surface area contributed by atoms with Crippen molar-refractivity contribution in [3.8, 4) is 5.75 Å². The van der Waals surface area contributed by atoms with E-state index >= 15 is 0 Å². The SMILES string of the molecule is CC(C)(C)c1ccc(OCCn2c(CCc3ccccc3)nc3ccccc32)cc1. The van der Waals surface area contributed by atoms with E-state index in [0.717, 1.165) is 36.5 Å². The molecule has 3 aromatic carbocycles. The van der Waals surface area contributed by atoms with Crippen molar-refractivity contribution in [3.05, 3.63) is 95.8 Å². The maximum atomic E-state index is 6.07. The van der Waals surface area contributed by atoms with E-state index in [1.807, 2.05) is 6.07 Å². The van der Waals surface area contributed by atoms with Gasteiger partial charge >= 0.3 is 0 Å². The minimum atomic E-state index is 0.155. The number of nitrogens with zero attached hydrogens (tertiary/aromatic N) is 2. The Labute approximate surface area is 179 Å². The second-order valence-corrected chi connectivity index (χ2v) is 8.78. The van der Waals surface area contributed by atoms with Gasteiger partial charge in [0.25, 0.3) is 0 Å². The summed E-state index contributed by atoms with van der Waals surface area (Å²) in [5, 5.41) is 0. The molecule has 30 heavy (non-hydrogen) atoms. The number of benzene rings is 3. The summed E-state index contributed by atoms with van der Waals surface area (Å²) in [5.74, 6) is 2.03. The zero-order chi connectivity index (χ0) is 21.0. The number of aryl methyl sites for hydroxylation is 2. The lowest BCUT2D eigenvalue weighted by Gasteiger charge is -2.19. The van der Waals surface area contributed by atoms with Crippen LogP contribution in [-0.4, -0.2) is 16.2 Å². The Morgan fingerprint density at radius 2 is 1.50 bits per heavy atom. The molecule has 3 nitrogen and oxygen atoms in total. The number of aromatic nitrogens is 2. The van der Waals surface area contributed by atoms with Gasteiger partial charge in [-0.3, -0.25) is 0 Å². The van der Waals surface area contributed by atoms with Crippen LogP contribution in [0.15, 0.2) is 78.9 Å². The molecule has 0 saturated carbocycles. The van der Waals surface area contributed by atoms with E-state index in [1.54, 1.807) is 0 Å². The van der Waals surface area contributed by atoms with Gasteiger partial charge in [-0.15, -0.1) is 0 Å². The number of ether oxygens (including phenoxy) is 1. The van der Waals surface area contributed by atoms with Crippen molar-refractivity contribution in [1.29, 1.82) is 0 Å². The zero-order valence-corrected chi connectivity index (χ0v) is 18.1. The van der Waals surface area contributed by atoms with E-state index in [0.29, 0.717) is 6.61 Å². The fraction of sp³-hybridized carbons (Fsp3) is 0.296. The van der Waals surface area contributed by atoms with Crippen LogP contribution in [0, 0.1) is 0 Å². The molecule has 1 aromatic heterocycles. The lowest BCUT2D eigenvalue weighted by molar-refractivity contribution is 0.298. The highest BCUT2D eigenvalue weighted by molar-refractivity contribution is 5.75. The van der Waals surface area contributed by atoms with Crippen molar-refractivity contribution in [3.63, 3.8) is 0 Å². The summed E-state index contributed by atoms with van der Waals surface area (Å²) < 4.78 is 8.37. The number of rotatable bonds is 7. The molecule has 0 amide bonds. The quantitative estimate of drug-likeness (QED) is 0.371. The second-order valence-electron chi connectivity index (χ2n) is 8.78. The highest BCUT2D eigenvalue weighted by atomic mass is 16.5. The molecule has 0 spiro atoms. The van der Waals surface area contributed by atoms with E-state index in [1.165, 1.54) is 16.6 Å². The summed E-state index contributed by atoms with van der Waals surface area (Å²) in [6.45, 7) is 8.08. The Morgan fingerprint density at radius 1 is 0.800 bits per heavy atom. The summed E-state index contributed by atoms with van der Waals surface area (Å²) in [4.78, 5) is 4.90. The summed E-state index contributed by atoms with van der Waals surface area (Å²) in [6, 6.07) is 27.4. The fourth-order valence-electron chi connectivity index (χ4n) is 3.77. The highest BCUT2D eigenvalue weighted by Crippen LogP contribution is 2.24. The van der Waals surface area contributed by atoms with Crippen LogP contribution in [-0.2, 0) is 24.8 Å². The van der Waals surface area contributed by atoms with Gasteiger partial charge in [0.2, 0.25) is 0 Å². The van der Waals surface area contributed by atoms with Crippen LogP contribution in [0.2, 0.25) is 0 Å². The van der Waals surface area contributed by atoms with Crippen LogP contribution in [0.4, 0.5) is 0 Å². The zero-order valence-electron chi connectivity index (χ0n) is 18.1. The topological polar surface area (TPSA) is 27.1 Å². The van der Waals surface area contributed by atoms with Gasteiger partial charge in [-0.05, 0) is 47.2 Å². The van der Waals surface area contributed by atoms with Crippen LogP contribution in [0.3, 0.4) is 0 Å². The highest BCUT2D eigenvalue weighted by Gasteiger charge is 2.13. The van der Waals surface area contributed by atoms with Gasteiger partial charge in [0.05, 0.1) is 17.6 Å². The maximum absolute atomic E-state index is 6.07. The van der Waals surface area contributed by atoms with Gasteiger partial charge in [-0.25, -0.2) is 4.98 Å². The normalized spacial score (nSPS) is 11.7. The van der Waals surface area contributed by atoms with Gasteiger partial charge in [0.15, 0.2) is 0 Å². The molecule has 0 unspecified atom stereocenters. The molecule has 1 heterocycles. The van der Waals surface area contributed by atoms with E-state index < -0.39 is 0 Å². The third kappa shape index (κ3) is 4.73. The molecule has 0 saturated heterocycles. The maximum Gasteiger partial charge on any atom is 0.119 e. The Balaban J connectivity index is 1.46. The molecule has 0 fully saturated rings. The molecule has 0 bridgehead atoms. The third-order valence-corrected chi connectivity index (χ3v) is 5.52. The number of imidazole rings is 1. The average Bonchev–Trinajstić information content (AvgIpc) is 3.10. The lowest BCUT2D eigenvalue weighted by Crippen LogP contribution is -2.13. The van der Waals surface area contributed by atoms with Crippen molar-refractivity contribution >= 4 is 11.0 Å². The number of hydrogen-bond donors (Lipinski definition) is 0. The summed E-state index contributed by atoms with van der Waals surface area (Å²) in [6.07, 6.45) is 1.90. The van der Waals surface area contributed by atoms with Crippen LogP contribution < -0.4 is 4.74 Å². The molecular weight excluding hydrogens is 368 g/mol. The molecular formula is C27H30N2O. The van der Waals surface area contributed by atoms with Crippen molar-refractivity contribution in [2.75, 3.05) is 6.61 Å². The Hall–Kier alpha value is -3.07. The molecule has 0 aliphatic carbocycles. The first kappa shape index (κ1) is 20.2. The standard InChI is InChI=1S/C27H30N2O/c1-27(2,3)22-14-16-23(17-15-22)30-20-19-29-25-12-8-7-11-24(25)28-26(29)18-13-21-9-5-4-6-10-21/h4-12,14-17H,13,18-20H2,1-3H3. The van der Waals surface area contributed by atoms with Crippen molar-refractivity contribution in [1.82, 2.24) is 9.55 Å². The van der Waals surface area contributed by atoms with Gasteiger partial charge in [-0.2, -0.15) is 0 Å². The Kier molecular flexibility index (Phi) is 5.89. The second kappa shape index (κ2) is 8.74. The fourth-order valence-corrected chi connectivity index (χ4v) is 3.77. The van der Waals surface area contributed by atoms with Gasteiger partial charge in [-0.1, -0.05) is 75.4 Å². The minimum Gasteiger partial charge on any atom is -0.492 e. The molecule has 0 aliphatic heterocycles. The molecule has 4 aromatic rings. The van der Waals surface area contributed by atoms with Gasteiger partial charge in [0.1, 0.15) is 18.2 Å². The van der Waals surface area contributed by atoms with Gasteiger partial charge in [0, 0.05) is 6.42 Å². The number of para-hydroxylation sites is 2. The Bertz CT molecular complexity index is 1090. The van der Waals surface area contributed by atoms with Crippen molar-refractivity contribution in [2.45, 2.75) is 45.6 Å². The first-order valence-electron chi connectivity index (χ1n) is 10.7. The molecule has 0 radical (unpaired) electrons. The van der Waals surface area contributed by atoms with Crippen LogP contribution in [0.5, 0.6) is 5.75 Å². The monoisotopic (exact) mass is 398 g/mol. The van der Waals surface area contributed by atoms with Gasteiger partial charge < -0.3 is 9.30 Å². The van der Waals surface area contributed by atoms with E-state index in [-0.39, 0.29) is 5.41 Å². The predicted octanol–water partition coefficient (Wildman–Crippen LogP) is 6.20. The first-order chi connectivity index (χ1) is 14.5. The van der Waals surface area contributed by atoms with Crippen LogP contribution in [0.25, 0.3) is 11.0 Å². The number of hydrogen-bond acceptors (Lipinski definition) is 2. The third-order valence-electron chi connectivity index (χ3n) is 5.52. The summed E-state index contributed by atoms with van der Waals surface area (Å²) >= 11 is 0.